The van der Waals surface area contributed by atoms with Crippen LogP contribution in [0, 0.1) is 0 Å². The van der Waals surface area contributed by atoms with Crippen LogP contribution in [0.4, 0.5) is 0 Å². The lowest BCUT2D eigenvalue weighted by Gasteiger charge is -2.36. The maximum atomic E-state index is 14.5. The number of rotatable bonds is 22. The Morgan fingerprint density at radius 3 is 1.01 bits per heavy atom. The number of fused-ring (bicyclic) bond motifs is 2. The third-order valence-corrected chi connectivity index (χ3v) is 15.6. The normalized spacial score (nSPS) is 14.9. The van der Waals surface area contributed by atoms with Gasteiger partial charge >= 0.3 is 23.9 Å². The summed E-state index contributed by atoms with van der Waals surface area (Å²) in [6.45, 7) is -0.550. The standard InChI is InChI=1S/C74H64N2O12/c77-69(59-37-33-57(34-38-59)55-21-9-3-10-22-55)75-43-63-27-15-13-25-61(63)41-65(75)71(79)87-67(49-83-45-51-17-5-1-6-18-51)73(81)85-47-53-29-31-54(32-30-53)48-86-74(82)68(50-84-46-52-19-7-2-8-20-52)88-72(80)66-42-62-26-14-16-28-64(62)44-76(66)70(78)60-39-35-58(36-40-60)56-23-11-4-12-24-56/h1-40,65-68H,41-50H2/t65?,66?,67-,68?/m0/s1. The van der Waals surface area contributed by atoms with Crippen molar-refractivity contribution in [2.45, 2.75) is 76.7 Å². The van der Waals surface area contributed by atoms with E-state index in [9.17, 15) is 28.8 Å². The minimum absolute atomic E-state index is 0.124. The molecule has 3 unspecified atom stereocenters. The lowest BCUT2D eigenvalue weighted by Crippen LogP contribution is -2.51. The number of esters is 4. The van der Waals surface area contributed by atoms with Gasteiger partial charge < -0.3 is 38.2 Å². The van der Waals surface area contributed by atoms with Crippen molar-refractivity contribution < 1.29 is 57.2 Å². The van der Waals surface area contributed by atoms with Gasteiger partial charge in [0.2, 0.25) is 12.2 Å². The molecule has 0 radical (unpaired) electrons. The van der Waals surface area contributed by atoms with Gasteiger partial charge in [0.05, 0.1) is 26.4 Å². The highest BCUT2D eigenvalue weighted by molar-refractivity contribution is 5.99. The van der Waals surface area contributed by atoms with Crippen LogP contribution in [0.5, 0.6) is 0 Å². The first-order valence-corrected chi connectivity index (χ1v) is 29.2. The lowest BCUT2D eigenvalue weighted by atomic mass is 9.93. The van der Waals surface area contributed by atoms with Gasteiger partial charge in [-0.1, -0.05) is 218 Å². The summed E-state index contributed by atoms with van der Waals surface area (Å²) < 4.78 is 35.6. The Labute approximate surface area is 510 Å². The average molecular weight is 1170 g/mol. The quantitative estimate of drug-likeness (QED) is 0.0467. The molecule has 2 amide bonds. The van der Waals surface area contributed by atoms with Crippen molar-refractivity contribution in [3.05, 3.63) is 298 Å². The van der Waals surface area contributed by atoms with Crippen molar-refractivity contribution in [1.82, 2.24) is 9.80 Å². The number of carbonyl (C=O) groups is 6. The molecular formula is C74H64N2O12. The summed E-state index contributed by atoms with van der Waals surface area (Å²) in [7, 11) is 0. The van der Waals surface area contributed by atoms with Crippen LogP contribution in [0.15, 0.2) is 243 Å². The third kappa shape index (κ3) is 15.0. The molecule has 442 valence electrons. The second-order valence-electron chi connectivity index (χ2n) is 21.6. The molecule has 0 fully saturated rings. The maximum Gasteiger partial charge on any atom is 0.350 e. The van der Waals surface area contributed by atoms with Gasteiger partial charge in [0.25, 0.3) is 11.8 Å². The van der Waals surface area contributed by atoms with Gasteiger partial charge in [0.1, 0.15) is 25.3 Å². The van der Waals surface area contributed by atoms with E-state index in [1.54, 1.807) is 48.5 Å². The van der Waals surface area contributed by atoms with E-state index in [1.165, 1.54) is 9.80 Å². The van der Waals surface area contributed by atoms with Crippen molar-refractivity contribution >= 4 is 35.7 Å². The summed E-state index contributed by atoms with van der Waals surface area (Å²) in [6.07, 6.45) is -2.67. The summed E-state index contributed by atoms with van der Waals surface area (Å²) in [5.41, 5.74) is 11.0. The molecule has 0 aliphatic carbocycles. The molecule has 88 heavy (non-hydrogen) atoms. The van der Waals surface area contributed by atoms with Crippen molar-refractivity contribution in [3.8, 4) is 22.3 Å². The van der Waals surface area contributed by atoms with Crippen molar-refractivity contribution in [2.24, 2.45) is 0 Å². The van der Waals surface area contributed by atoms with E-state index in [1.807, 2.05) is 194 Å². The molecule has 9 aromatic rings. The fourth-order valence-electron chi connectivity index (χ4n) is 10.8. The van der Waals surface area contributed by atoms with E-state index < -0.39 is 48.2 Å². The van der Waals surface area contributed by atoms with Crippen LogP contribution in [0.1, 0.15) is 65.2 Å². The predicted molar refractivity (Wildman–Crippen MR) is 329 cm³/mol. The SMILES string of the molecule is O=C(OCc1ccc(COC(=O)[C@H](COCc2ccccc2)OC(=O)C2Cc3ccccc3CN2C(=O)c2ccc(-c3ccccc3)cc2)cc1)C(COCc1ccccc1)OC(=O)C1Cc2ccccc2CN1C(=O)c1ccc(-c2ccccc2)cc1. The molecule has 0 N–H and O–H groups in total. The molecule has 0 bridgehead atoms. The fourth-order valence-corrected chi connectivity index (χ4v) is 10.8. The Kier molecular flexibility index (Phi) is 19.4. The molecule has 2 aliphatic heterocycles. The number of nitrogens with zero attached hydrogens (tertiary/aromatic N) is 2. The Bertz CT molecular complexity index is 3590. The van der Waals surface area contributed by atoms with E-state index in [4.69, 9.17) is 28.4 Å². The summed E-state index contributed by atoms with van der Waals surface area (Å²) in [5, 5.41) is 0. The number of ether oxygens (including phenoxy) is 6. The van der Waals surface area contributed by atoms with Gasteiger partial charge in [-0.15, -0.1) is 0 Å². The molecule has 0 spiro atoms. The lowest BCUT2D eigenvalue weighted by molar-refractivity contribution is -0.176. The first-order valence-electron chi connectivity index (χ1n) is 29.2. The molecule has 0 saturated carbocycles. The molecule has 0 saturated heterocycles. The largest absolute Gasteiger partial charge is 0.458 e. The van der Waals surface area contributed by atoms with Gasteiger partial charge in [-0.3, -0.25) is 9.59 Å². The average Bonchev–Trinajstić information content (AvgIpc) is 1.74. The number of benzene rings is 9. The van der Waals surface area contributed by atoms with Crippen LogP contribution >= 0.6 is 0 Å². The van der Waals surface area contributed by atoms with Crippen LogP contribution in [0.25, 0.3) is 22.3 Å². The van der Waals surface area contributed by atoms with Gasteiger partial charge in [-0.05, 0) is 91.0 Å². The Hall–Kier alpha value is -10.3. The second-order valence-corrected chi connectivity index (χ2v) is 21.6. The smallest absolute Gasteiger partial charge is 0.350 e. The van der Waals surface area contributed by atoms with Crippen molar-refractivity contribution in [3.63, 3.8) is 0 Å². The van der Waals surface area contributed by atoms with E-state index in [0.717, 1.165) is 55.6 Å². The van der Waals surface area contributed by atoms with Crippen molar-refractivity contribution in [2.75, 3.05) is 13.2 Å². The third-order valence-electron chi connectivity index (χ3n) is 15.6. The number of carbonyl (C=O) groups excluding carboxylic acids is 6. The minimum Gasteiger partial charge on any atom is -0.458 e. The van der Waals surface area contributed by atoms with Gasteiger partial charge in [-0.2, -0.15) is 0 Å². The van der Waals surface area contributed by atoms with Crippen LogP contribution in [-0.2, 0) is 100.0 Å². The summed E-state index contributed by atoms with van der Waals surface area (Å²) in [6, 6.07) is 72.6. The summed E-state index contributed by atoms with van der Waals surface area (Å²) in [4.78, 5) is 88.7. The molecule has 4 atom stereocenters. The number of amides is 2. The molecule has 2 heterocycles. The molecule has 2 aliphatic rings. The zero-order valence-corrected chi connectivity index (χ0v) is 48.3. The molecule has 14 nitrogen and oxygen atoms in total. The molecule has 14 heteroatoms. The molecular weight excluding hydrogens is 1110 g/mol. The molecule has 11 rings (SSSR count). The Balaban J connectivity index is 0.745. The topological polar surface area (TPSA) is 164 Å². The first-order chi connectivity index (χ1) is 43.1. The van der Waals surface area contributed by atoms with Gasteiger partial charge in [-0.25, -0.2) is 19.2 Å². The highest BCUT2D eigenvalue weighted by atomic mass is 16.6. The minimum atomic E-state index is -1.50. The zero-order chi connectivity index (χ0) is 60.6. The van der Waals surface area contributed by atoms with E-state index in [0.29, 0.717) is 22.3 Å². The van der Waals surface area contributed by atoms with E-state index in [2.05, 4.69) is 0 Å². The van der Waals surface area contributed by atoms with Crippen LogP contribution < -0.4 is 0 Å². The van der Waals surface area contributed by atoms with Gasteiger partial charge in [0, 0.05) is 37.1 Å². The predicted octanol–water partition coefficient (Wildman–Crippen LogP) is 11.9. The summed E-state index contributed by atoms with van der Waals surface area (Å²) in [5.74, 6) is -4.02. The monoisotopic (exact) mass is 1170 g/mol. The van der Waals surface area contributed by atoms with Crippen molar-refractivity contribution in [1.29, 1.82) is 0 Å². The van der Waals surface area contributed by atoms with Gasteiger partial charge in [0.15, 0.2) is 0 Å². The highest BCUT2D eigenvalue weighted by Crippen LogP contribution is 2.30. The number of hydrogen-bond acceptors (Lipinski definition) is 12. The van der Waals surface area contributed by atoms with Crippen LogP contribution in [0.3, 0.4) is 0 Å². The van der Waals surface area contributed by atoms with E-state index >= 15 is 0 Å². The fraction of sp³-hybridized carbons (Fsp3) is 0.189. The zero-order valence-electron chi connectivity index (χ0n) is 48.3. The Morgan fingerprint density at radius 1 is 0.341 bits per heavy atom. The van der Waals surface area contributed by atoms with E-state index in [-0.39, 0.29) is 77.4 Å². The molecule has 0 aromatic heterocycles. The highest BCUT2D eigenvalue weighted by Gasteiger charge is 2.40. The first kappa shape index (κ1) is 59.5. The Morgan fingerprint density at radius 2 is 0.648 bits per heavy atom. The number of hydrogen-bond donors (Lipinski definition) is 0. The maximum absolute atomic E-state index is 14.5. The molecule has 9 aromatic carbocycles. The summed E-state index contributed by atoms with van der Waals surface area (Å²) >= 11 is 0. The van der Waals surface area contributed by atoms with Crippen LogP contribution in [0.2, 0.25) is 0 Å². The second kappa shape index (κ2) is 28.7. The van der Waals surface area contributed by atoms with Crippen LogP contribution in [-0.4, -0.2) is 83.0 Å².